The van der Waals surface area contributed by atoms with E-state index in [1.54, 1.807) is 0 Å². The summed E-state index contributed by atoms with van der Waals surface area (Å²) in [5.74, 6) is 0. The molecule has 0 bridgehead atoms. The number of hydrogen-bond acceptors (Lipinski definition) is 4. The second-order valence-corrected chi connectivity index (χ2v) is 19.9. The Balaban J connectivity index is 1.35. The predicted octanol–water partition coefficient (Wildman–Crippen LogP) is 8.72. The maximum Gasteiger partial charge on any atom is 0.407 e. The van der Waals surface area contributed by atoms with Crippen LogP contribution in [0.3, 0.4) is 0 Å². The molecule has 2 fully saturated rings. The van der Waals surface area contributed by atoms with E-state index in [4.69, 9.17) is 8.85 Å². The van der Waals surface area contributed by atoms with Gasteiger partial charge in [-0.2, -0.15) is 0 Å². The Hall–Kier alpha value is -3.06. The van der Waals surface area contributed by atoms with Gasteiger partial charge in [-0.1, -0.05) is 121 Å². The molecule has 0 aliphatic carbocycles. The lowest BCUT2D eigenvalue weighted by atomic mass is 9.78. The first kappa shape index (κ1) is 35.8. The Bertz CT molecular complexity index is 1480. The third kappa shape index (κ3) is 7.82. The van der Waals surface area contributed by atoms with Crippen LogP contribution in [0.25, 0.3) is 0 Å². The van der Waals surface area contributed by atoms with Crippen molar-refractivity contribution < 1.29 is 8.85 Å². The molecule has 0 unspecified atom stereocenters. The lowest BCUT2D eigenvalue weighted by molar-refractivity contribution is -0.101. The van der Waals surface area contributed by atoms with Gasteiger partial charge in [-0.3, -0.25) is 9.80 Å². The van der Waals surface area contributed by atoms with E-state index in [1.165, 1.54) is 21.5 Å². The molecular formula is C44H58N2O2Si. The van der Waals surface area contributed by atoms with Crippen LogP contribution < -0.4 is 10.4 Å². The molecule has 5 heteroatoms. The van der Waals surface area contributed by atoms with E-state index in [1.807, 2.05) is 0 Å². The van der Waals surface area contributed by atoms with Gasteiger partial charge in [-0.05, 0) is 103 Å². The highest BCUT2D eigenvalue weighted by atomic mass is 28.4. The quantitative estimate of drug-likeness (QED) is 0.157. The monoisotopic (exact) mass is 674 g/mol. The molecule has 2 aliphatic rings. The molecule has 260 valence electrons. The first-order valence-electron chi connectivity index (χ1n) is 18.3. The summed E-state index contributed by atoms with van der Waals surface area (Å²) in [6, 6.07) is 43.6. The highest BCUT2D eigenvalue weighted by molar-refractivity contribution is 6.92. The summed E-state index contributed by atoms with van der Waals surface area (Å²) in [5.41, 5.74) is 2.44. The molecule has 0 amide bonds. The van der Waals surface area contributed by atoms with E-state index >= 15 is 0 Å². The summed E-state index contributed by atoms with van der Waals surface area (Å²) in [7, 11) is -3.20. The average Bonchev–Trinajstić information content (AvgIpc) is 3.05. The number of benzene rings is 4. The maximum atomic E-state index is 7.76. The Kier molecular flexibility index (Phi) is 10.2. The van der Waals surface area contributed by atoms with Gasteiger partial charge in [0.05, 0.1) is 12.2 Å². The molecule has 4 aromatic rings. The second kappa shape index (κ2) is 13.9. The first-order valence-corrected chi connectivity index (χ1v) is 20.1. The van der Waals surface area contributed by atoms with Crippen molar-refractivity contribution in [3.63, 3.8) is 0 Å². The van der Waals surface area contributed by atoms with Gasteiger partial charge in [-0.15, -0.1) is 0 Å². The minimum atomic E-state index is -3.20. The molecule has 0 atom stereocenters. The molecule has 2 aliphatic heterocycles. The van der Waals surface area contributed by atoms with Crippen LogP contribution in [0.2, 0.25) is 0 Å². The van der Waals surface area contributed by atoms with Crippen molar-refractivity contribution in [3.8, 4) is 0 Å². The SMILES string of the molecule is CC1(C)CC(O[Si](OC2CC(C)(C)N(Cc3ccccc3)C(C)(C)C2)(c2ccccc2)c2ccccc2)CC(C)(C)N1Cc1ccccc1. The van der Waals surface area contributed by atoms with Gasteiger partial charge in [0.25, 0.3) is 0 Å². The topological polar surface area (TPSA) is 24.9 Å². The van der Waals surface area contributed by atoms with Gasteiger partial charge in [0, 0.05) is 35.2 Å². The molecule has 0 radical (unpaired) electrons. The van der Waals surface area contributed by atoms with Crippen LogP contribution in [0.15, 0.2) is 121 Å². The minimum Gasteiger partial charge on any atom is -0.384 e. The molecule has 6 rings (SSSR count). The molecule has 2 saturated heterocycles. The highest BCUT2D eigenvalue weighted by Crippen LogP contribution is 2.44. The Morgan fingerprint density at radius 1 is 0.449 bits per heavy atom. The lowest BCUT2D eigenvalue weighted by Crippen LogP contribution is -2.70. The predicted molar refractivity (Wildman–Crippen MR) is 206 cm³/mol. The van der Waals surface area contributed by atoms with Crippen molar-refractivity contribution in [1.29, 1.82) is 0 Å². The highest BCUT2D eigenvalue weighted by Gasteiger charge is 2.54. The zero-order chi connectivity index (χ0) is 34.9. The Morgan fingerprint density at radius 2 is 0.714 bits per heavy atom. The molecule has 0 saturated carbocycles. The third-order valence-electron chi connectivity index (χ3n) is 11.2. The van der Waals surface area contributed by atoms with Gasteiger partial charge < -0.3 is 8.85 Å². The van der Waals surface area contributed by atoms with E-state index in [9.17, 15) is 0 Å². The molecule has 4 nitrogen and oxygen atoms in total. The van der Waals surface area contributed by atoms with E-state index in [0.717, 1.165) is 38.8 Å². The van der Waals surface area contributed by atoms with E-state index in [-0.39, 0.29) is 34.4 Å². The van der Waals surface area contributed by atoms with Crippen molar-refractivity contribution in [2.75, 3.05) is 0 Å². The van der Waals surface area contributed by atoms with Crippen molar-refractivity contribution in [3.05, 3.63) is 132 Å². The molecule has 4 aromatic carbocycles. The molecule has 49 heavy (non-hydrogen) atoms. The zero-order valence-corrected chi connectivity index (χ0v) is 32.2. The van der Waals surface area contributed by atoms with Crippen molar-refractivity contribution in [2.45, 2.75) is 129 Å². The largest absolute Gasteiger partial charge is 0.407 e. The summed E-state index contributed by atoms with van der Waals surface area (Å²) < 4.78 is 15.5. The van der Waals surface area contributed by atoms with Crippen LogP contribution in [0.1, 0.15) is 92.2 Å². The smallest absolute Gasteiger partial charge is 0.384 e. The summed E-state index contributed by atoms with van der Waals surface area (Å²) in [6.45, 7) is 21.0. The van der Waals surface area contributed by atoms with Crippen LogP contribution in [-0.4, -0.2) is 52.7 Å². The normalized spacial score (nSPS) is 21.4. The van der Waals surface area contributed by atoms with Gasteiger partial charge in [0.15, 0.2) is 0 Å². The minimum absolute atomic E-state index is 0.0447. The number of hydrogen-bond donors (Lipinski definition) is 0. The van der Waals surface area contributed by atoms with Gasteiger partial charge >= 0.3 is 8.56 Å². The molecule has 0 aromatic heterocycles. The van der Waals surface area contributed by atoms with Crippen molar-refractivity contribution in [1.82, 2.24) is 9.80 Å². The summed E-state index contributed by atoms with van der Waals surface area (Å²) in [5, 5.41) is 2.37. The Morgan fingerprint density at radius 3 is 1.00 bits per heavy atom. The van der Waals surface area contributed by atoms with Gasteiger partial charge in [-0.25, -0.2) is 0 Å². The van der Waals surface area contributed by atoms with E-state index in [2.05, 4.69) is 187 Å². The van der Waals surface area contributed by atoms with Crippen LogP contribution in [-0.2, 0) is 21.9 Å². The van der Waals surface area contributed by atoms with E-state index in [0.29, 0.717) is 0 Å². The fourth-order valence-electron chi connectivity index (χ4n) is 9.26. The number of rotatable bonds is 10. The average molecular weight is 675 g/mol. The Labute approximate surface area is 297 Å². The first-order chi connectivity index (χ1) is 23.2. The number of piperidine rings is 2. The van der Waals surface area contributed by atoms with Gasteiger partial charge in [0.2, 0.25) is 0 Å². The zero-order valence-electron chi connectivity index (χ0n) is 31.2. The van der Waals surface area contributed by atoms with Crippen molar-refractivity contribution >= 4 is 18.9 Å². The number of nitrogens with zero attached hydrogens (tertiary/aromatic N) is 2. The van der Waals surface area contributed by atoms with Crippen LogP contribution in [0.4, 0.5) is 0 Å². The molecule has 2 heterocycles. The van der Waals surface area contributed by atoms with Crippen molar-refractivity contribution in [2.24, 2.45) is 0 Å². The molecule has 0 spiro atoms. The molecule has 0 N–H and O–H groups in total. The lowest BCUT2D eigenvalue weighted by Gasteiger charge is -2.57. The second-order valence-electron chi connectivity index (χ2n) is 17.0. The standard InChI is InChI=1S/C44H58N2O2Si/c1-41(2)29-37(30-42(3,4)45(41)33-35-21-13-9-14-22-35)47-49(39-25-17-11-18-26-39,40-27-19-12-20-28-40)48-38-31-43(5,6)46(44(7,8)32-38)34-36-23-15-10-16-24-36/h9-28,37-38H,29-34H2,1-8H3. The number of likely N-dealkylation sites (tertiary alicyclic amines) is 2. The van der Waals surface area contributed by atoms with E-state index < -0.39 is 8.56 Å². The third-order valence-corrected chi connectivity index (χ3v) is 14.7. The van der Waals surface area contributed by atoms with Crippen LogP contribution >= 0.6 is 0 Å². The maximum absolute atomic E-state index is 7.76. The molecular weight excluding hydrogens is 617 g/mol. The fourth-order valence-corrected chi connectivity index (χ4v) is 12.7. The fraction of sp³-hybridized carbons (Fsp3) is 0.455. The van der Waals surface area contributed by atoms with Gasteiger partial charge in [0.1, 0.15) is 0 Å². The van der Waals surface area contributed by atoms with Crippen LogP contribution in [0, 0.1) is 0 Å². The summed E-state index contributed by atoms with van der Waals surface area (Å²) in [4.78, 5) is 5.38. The summed E-state index contributed by atoms with van der Waals surface area (Å²) >= 11 is 0. The summed E-state index contributed by atoms with van der Waals surface area (Å²) in [6.07, 6.45) is 3.84. The van der Waals surface area contributed by atoms with Crippen LogP contribution in [0.5, 0.6) is 0 Å².